The first-order valence-corrected chi connectivity index (χ1v) is 12.7. The molecule has 0 bridgehead atoms. The van der Waals surface area contributed by atoms with Gasteiger partial charge in [-0.3, -0.25) is 9.59 Å². The first-order chi connectivity index (χ1) is 16.3. The van der Waals surface area contributed by atoms with Crippen LogP contribution >= 0.6 is 11.6 Å². The van der Waals surface area contributed by atoms with E-state index in [4.69, 9.17) is 16.3 Å². The van der Waals surface area contributed by atoms with E-state index < -0.39 is 6.04 Å². The lowest BCUT2D eigenvalue weighted by Gasteiger charge is -2.32. The molecule has 0 spiro atoms. The molecule has 0 aliphatic heterocycles. The molecular formula is C28H37ClN2O3. The number of ether oxygens (including phenoxy) is 1. The fourth-order valence-electron chi connectivity index (χ4n) is 4.57. The summed E-state index contributed by atoms with van der Waals surface area (Å²) in [5, 5.41) is 3.91. The molecule has 0 radical (unpaired) electrons. The summed E-state index contributed by atoms with van der Waals surface area (Å²) in [5.41, 5.74) is 3.94. The van der Waals surface area contributed by atoms with Gasteiger partial charge in [0.15, 0.2) is 6.61 Å². The number of rotatable bonds is 9. The minimum absolute atomic E-state index is 0.0759. The average molecular weight is 485 g/mol. The number of nitrogens with zero attached hydrogens (tertiary/aromatic N) is 1. The molecular weight excluding hydrogens is 448 g/mol. The van der Waals surface area contributed by atoms with Crippen molar-refractivity contribution in [2.24, 2.45) is 0 Å². The highest BCUT2D eigenvalue weighted by atomic mass is 35.5. The van der Waals surface area contributed by atoms with Gasteiger partial charge in [0.2, 0.25) is 5.91 Å². The third kappa shape index (κ3) is 6.99. The molecule has 5 nitrogen and oxygen atoms in total. The highest BCUT2D eigenvalue weighted by Crippen LogP contribution is 2.26. The van der Waals surface area contributed by atoms with E-state index in [1.165, 1.54) is 6.42 Å². The van der Waals surface area contributed by atoms with Crippen LogP contribution in [0, 0.1) is 20.8 Å². The van der Waals surface area contributed by atoms with Crippen LogP contribution in [0.25, 0.3) is 0 Å². The number of hydrogen-bond acceptors (Lipinski definition) is 3. The Kier molecular flexibility index (Phi) is 9.40. The molecule has 1 fully saturated rings. The van der Waals surface area contributed by atoms with Crippen LogP contribution in [0.2, 0.25) is 5.02 Å². The summed E-state index contributed by atoms with van der Waals surface area (Å²) < 4.78 is 5.87. The fourth-order valence-corrected chi connectivity index (χ4v) is 4.68. The van der Waals surface area contributed by atoms with Crippen LogP contribution in [-0.2, 0) is 16.1 Å². The Balaban J connectivity index is 1.77. The fraction of sp³-hybridized carbons (Fsp3) is 0.500. The van der Waals surface area contributed by atoms with E-state index >= 15 is 0 Å². The van der Waals surface area contributed by atoms with Gasteiger partial charge in [-0.05, 0) is 68.9 Å². The maximum absolute atomic E-state index is 13.4. The number of benzene rings is 2. The molecule has 0 unspecified atom stereocenters. The lowest BCUT2D eigenvalue weighted by molar-refractivity contribution is -0.143. The predicted molar refractivity (Wildman–Crippen MR) is 137 cm³/mol. The molecule has 3 rings (SSSR count). The molecule has 6 heteroatoms. The standard InChI is InChI=1S/C28H37ClN2O3/c1-5-25(28(33)30-23-9-7-6-8-10-23)31(17-22-13-11-19(2)12-14-22)26(32)18-34-24-15-20(3)27(29)21(4)16-24/h11-16,23,25H,5-10,17-18H2,1-4H3,(H,30,33)/t25-/m0/s1. The van der Waals surface area contributed by atoms with E-state index in [0.717, 1.165) is 47.9 Å². The van der Waals surface area contributed by atoms with Crippen molar-refractivity contribution >= 4 is 23.4 Å². The van der Waals surface area contributed by atoms with E-state index in [-0.39, 0.29) is 24.5 Å². The molecule has 0 aromatic heterocycles. The summed E-state index contributed by atoms with van der Waals surface area (Å²) in [6, 6.07) is 11.4. The van der Waals surface area contributed by atoms with Gasteiger partial charge in [-0.1, -0.05) is 67.6 Å². The van der Waals surface area contributed by atoms with Crippen LogP contribution in [0.3, 0.4) is 0 Å². The van der Waals surface area contributed by atoms with Gasteiger partial charge >= 0.3 is 0 Å². The van der Waals surface area contributed by atoms with Crippen molar-refractivity contribution in [1.29, 1.82) is 0 Å². The number of amides is 2. The van der Waals surface area contributed by atoms with Crippen LogP contribution in [0.15, 0.2) is 36.4 Å². The monoisotopic (exact) mass is 484 g/mol. The summed E-state index contributed by atoms with van der Waals surface area (Å²) >= 11 is 6.26. The van der Waals surface area contributed by atoms with Crippen molar-refractivity contribution < 1.29 is 14.3 Å². The van der Waals surface area contributed by atoms with Crippen molar-refractivity contribution in [3.05, 3.63) is 63.7 Å². The van der Waals surface area contributed by atoms with Gasteiger partial charge in [0, 0.05) is 17.6 Å². The Hall–Kier alpha value is -2.53. The second-order valence-corrected chi connectivity index (χ2v) is 9.81. The summed E-state index contributed by atoms with van der Waals surface area (Å²) in [5.74, 6) is 0.312. The van der Waals surface area contributed by atoms with Gasteiger partial charge in [-0.15, -0.1) is 0 Å². The molecule has 2 aromatic rings. The maximum atomic E-state index is 13.4. The molecule has 34 heavy (non-hydrogen) atoms. The van der Waals surface area contributed by atoms with Crippen LogP contribution in [-0.4, -0.2) is 35.4 Å². The van der Waals surface area contributed by atoms with Crippen molar-refractivity contribution in [3.63, 3.8) is 0 Å². The smallest absolute Gasteiger partial charge is 0.261 e. The summed E-state index contributed by atoms with van der Waals surface area (Å²) in [7, 11) is 0. The molecule has 0 saturated heterocycles. The quantitative estimate of drug-likeness (QED) is 0.482. The van der Waals surface area contributed by atoms with E-state index in [1.54, 1.807) is 4.90 Å². The van der Waals surface area contributed by atoms with Crippen molar-refractivity contribution in [3.8, 4) is 5.75 Å². The Labute approximate surface area is 208 Å². The van der Waals surface area contributed by atoms with Gasteiger partial charge in [0.05, 0.1) is 0 Å². The molecule has 1 N–H and O–H groups in total. The summed E-state index contributed by atoms with van der Waals surface area (Å²) in [6.45, 7) is 8.03. The molecule has 1 aliphatic rings. The average Bonchev–Trinajstić information content (AvgIpc) is 2.82. The third-order valence-corrected chi connectivity index (χ3v) is 7.18. The molecule has 184 valence electrons. The van der Waals surface area contributed by atoms with Gasteiger partial charge in [-0.2, -0.15) is 0 Å². The molecule has 2 aromatic carbocycles. The summed E-state index contributed by atoms with van der Waals surface area (Å²) in [6.07, 6.45) is 6.06. The molecule has 1 atom stereocenters. The molecule has 2 amide bonds. The van der Waals surface area contributed by atoms with Crippen LogP contribution < -0.4 is 10.1 Å². The Morgan fingerprint density at radius 1 is 1.06 bits per heavy atom. The summed E-state index contributed by atoms with van der Waals surface area (Å²) in [4.78, 5) is 28.4. The number of aryl methyl sites for hydroxylation is 3. The minimum Gasteiger partial charge on any atom is -0.484 e. The highest BCUT2D eigenvalue weighted by Gasteiger charge is 2.30. The number of carbonyl (C=O) groups excluding carboxylic acids is 2. The Bertz CT molecular complexity index is 961. The number of nitrogens with one attached hydrogen (secondary N) is 1. The molecule has 1 aliphatic carbocycles. The second kappa shape index (κ2) is 12.3. The largest absolute Gasteiger partial charge is 0.484 e. The third-order valence-electron chi connectivity index (χ3n) is 6.58. The first-order valence-electron chi connectivity index (χ1n) is 12.3. The highest BCUT2D eigenvalue weighted by molar-refractivity contribution is 6.32. The Morgan fingerprint density at radius 3 is 2.26 bits per heavy atom. The normalized spacial score (nSPS) is 15.0. The minimum atomic E-state index is -0.548. The van der Waals surface area contributed by atoms with Crippen molar-refractivity contribution in [2.45, 2.75) is 84.8 Å². The number of carbonyl (C=O) groups is 2. The zero-order valence-corrected chi connectivity index (χ0v) is 21.6. The maximum Gasteiger partial charge on any atom is 0.261 e. The predicted octanol–water partition coefficient (Wildman–Crippen LogP) is 5.90. The van der Waals surface area contributed by atoms with E-state index in [2.05, 4.69) is 5.32 Å². The lowest BCUT2D eigenvalue weighted by Crippen LogP contribution is -2.52. The van der Waals surface area contributed by atoms with Gasteiger partial charge in [0.1, 0.15) is 11.8 Å². The van der Waals surface area contributed by atoms with Crippen molar-refractivity contribution in [2.75, 3.05) is 6.61 Å². The van der Waals surface area contributed by atoms with Gasteiger partial charge < -0.3 is 15.0 Å². The number of halogens is 1. The van der Waals surface area contributed by atoms with E-state index in [9.17, 15) is 9.59 Å². The molecule has 0 heterocycles. The van der Waals surface area contributed by atoms with Crippen LogP contribution in [0.1, 0.15) is 67.7 Å². The SMILES string of the molecule is CC[C@@H](C(=O)NC1CCCCC1)N(Cc1ccc(C)cc1)C(=O)COc1cc(C)c(Cl)c(C)c1. The van der Waals surface area contributed by atoms with Crippen LogP contribution in [0.4, 0.5) is 0 Å². The number of hydrogen-bond donors (Lipinski definition) is 1. The zero-order chi connectivity index (χ0) is 24.7. The topological polar surface area (TPSA) is 58.6 Å². The van der Waals surface area contributed by atoms with Crippen molar-refractivity contribution in [1.82, 2.24) is 10.2 Å². The van der Waals surface area contributed by atoms with Gasteiger partial charge in [0.25, 0.3) is 5.91 Å². The zero-order valence-electron chi connectivity index (χ0n) is 20.8. The second-order valence-electron chi connectivity index (χ2n) is 9.43. The molecule has 1 saturated carbocycles. The first kappa shape index (κ1) is 26.1. The van der Waals surface area contributed by atoms with E-state index in [1.807, 2.05) is 64.1 Å². The van der Waals surface area contributed by atoms with Gasteiger partial charge in [-0.25, -0.2) is 0 Å². The lowest BCUT2D eigenvalue weighted by atomic mass is 9.95. The van der Waals surface area contributed by atoms with E-state index in [0.29, 0.717) is 23.7 Å². The Morgan fingerprint density at radius 2 is 1.68 bits per heavy atom. The van der Waals surface area contributed by atoms with Crippen LogP contribution in [0.5, 0.6) is 5.75 Å².